The van der Waals surface area contributed by atoms with E-state index in [0.717, 1.165) is 24.1 Å². The molecule has 0 fully saturated rings. The van der Waals surface area contributed by atoms with E-state index in [2.05, 4.69) is 10.6 Å². The van der Waals surface area contributed by atoms with Crippen LogP contribution in [0.15, 0.2) is 24.3 Å². The lowest BCUT2D eigenvalue weighted by atomic mass is 9.89. The summed E-state index contributed by atoms with van der Waals surface area (Å²) in [5.41, 5.74) is 1.89. The second-order valence-corrected chi connectivity index (χ2v) is 6.19. The Bertz CT molecular complexity index is 615. The Balaban J connectivity index is 1.85. The van der Waals surface area contributed by atoms with E-state index in [1.165, 1.54) is 0 Å². The molecule has 0 aromatic heterocycles. The summed E-state index contributed by atoms with van der Waals surface area (Å²) in [6.45, 7) is 1.97. The van der Waals surface area contributed by atoms with E-state index in [1.54, 1.807) is 0 Å². The number of carboxylic acids is 1. The average Bonchev–Trinajstić information content (AvgIpc) is 2.56. The van der Waals surface area contributed by atoms with Crippen LogP contribution in [0.2, 0.25) is 0 Å². The molecule has 2 amide bonds. The van der Waals surface area contributed by atoms with Gasteiger partial charge < -0.3 is 15.7 Å². The summed E-state index contributed by atoms with van der Waals surface area (Å²) in [5.74, 6) is -1.67. The van der Waals surface area contributed by atoms with Crippen molar-refractivity contribution in [3.8, 4) is 0 Å². The molecule has 1 aliphatic rings. The lowest BCUT2D eigenvalue weighted by Gasteiger charge is -2.24. The van der Waals surface area contributed by atoms with E-state index in [9.17, 15) is 14.4 Å². The van der Waals surface area contributed by atoms with Crippen LogP contribution in [0.25, 0.3) is 0 Å². The summed E-state index contributed by atoms with van der Waals surface area (Å²) < 4.78 is 0. The Kier molecular flexibility index (Phi) is 6.35. The zero-order chi connectivity index (χ0) is 17.5. The number of carbonyl (C=O) groups is 3. The minimum atomic E-state index is -1.01. The Morgan fingerprint density at radius 3 is 2.83 bits per heavy atom. The second kappa shape index (κ2) is 8.47. The number of anilines is 1. The molecule has 2 atom stereocenters. The van der Waals surface area contributed by atoms with Crippen molar-refractivity contribution in [1.29, 1.82) is 0 Å². The predicted molar refractivity (Wildman–Crippen MR) is 90.6 cm³/mol. The molecule has 24 heavy (non-hydrogen) atoms. The van der Waals surface area contributed by atoms with Gasteiger partial charge in [-0.15, -0.1) is 0 Å². The lowest BCUT2D eigenvalue weighted by Crippen LogP contribution is -2.41. The van der Waals surface area contributed by atoms with Gasteiger partial charge in [0.25, 0.3) is 0 Å². The largest absolute Gasteiger partial charge is 0.480 e. The van der Waals surface area contributed by atoms with Crippen LogP contribution < -0.4 is 10.6 Å². The van der Waals surface area contributed by atoms with Gasteiger partial charge in [-0.3, -0.25) is 9.59 Å². The van der Waals surface area contributed by atoms with Gasteiger partial charge in [0.2, 0.25) is 11.8 Å². The number of rotatable bonds is 8. The number of nitrogens with one attached hydrogen (secondary N) is 2. The molecule has 1 aromatic rings. The van der Waals surface area contributed by atoms with Crippen LogP contribution in [0.5, 0.6) is 0 Å². The molecule has 1 unspecified atom stereocenters. The van der Waals surface area contributed by atoms with Crippen molar-refractivity contribution in [1.82, 2.24) is 5.32 Å². The Morgan fingerprint density at radius 1 is 1.38 bits per heavy atom. The highest BCUT2D eigenvalue weighted by Crippen LogP contribution is 2.27. The molecule has 6 heteroatoms. The summed E-state index contributed by atoms with van der Waals surface area (Å²) in [4.78, 5) is 35.3. The maximum Gasteiger partial charge on any atom is 0.326 e. The fourth-order valence-electron chi connectivity index (χ4n) is 2.88. The van der Waals surface area contributed by atoms with Crippen LogP contribution in [-0.4, -0.2) is 28.9 Å². The number of unbranched alkanes of at least 4 members (excludes halogenated alkanes) is 1. The second-order valence-electron chi connectivity index (χ2n) is 6.19. The van der Waals surface area contributed by atoms with Crippen molar-refractivity contribution in [2.45, 2.75) is 51.5 Å². The molecule has 0 saturated heterocycles. The van der Waals surface area contributed by atoms with Crippen LogP contribution in [0.1, 0.15) is 44.6 Å². The molecule has 130 valence electrons. The molecular weight excluding hydrogens is 308 g/mol. The third-order valence-electron chi connectivity index (χ3n) is 4.31. The number of benzene rings is 1. The molecule has 0 saturated carbocycles. The zero-order valence-corrected chi connectivity index (χ0v) is 13.9. The van der Waals surface area contributed by atoms with Gasteiger partial charge in [0.05, 0.1) is 0 Å². The van der Waals surface area contributed by atoms with E-state index in [4.69, 9.17) is 5.11 Å². The molecule has 1 aromatic carbocycles. The number of fused-ring (bicyclic) bond motifs is 1. The van der Waals surface area contributed by atoms with Gasteiger partial charge in [0.15, 0.2) is 0 Å². The molecule has 1 heterocycles. The van der Waals surface area contributed by atoms with E-state index >= 15 is 0 Å². The highest BCUT2D eigenvalue weighted by atomic mass is 16.4. The monoisotopic (exact) mass is 332 g/mol. The first-order valence-electron chi connectivity index (χ1n) is 8.42. The van der Waals surface area contributed by atoms with Crippen LogP contribution in [0, 0.1) is 5.92 Å². The molecule has 0 spiro atoms. The minimum absolute atomic E-state index is 0.0812. The maximum atomic E-state index is 12.1. The number of amides is 2. The Labute approximate surface area is 141 Å². The third kappa shape index (κ3) is 4.81. The van der Waals surface area contributed by atoms with Crippen LogP contribution in [-0.2, 0) is 20.8 Å². The number of hydrogen-bond acceptors (Lipinski definition) is 3. The highest BCUT2D eigenvalue weighted by Gasteiger charge is 2.27. The SMILES string of the molecule is CCCC[C@H](NC(=O)CCC1Cc2ccccc2NC1=O)C(=O)O. The normalized spacial score (nSPS) is 17.5. The Hall–Kier alpha value is -2.37. The van der Waals surface area contributed by atoms with Crippen molar-refractivity contribution >= 4 is 23.5 Å². The quantitative estimate of drug-likeness (QED) is 0.681. The number of para-hydroxylation sites is 1. The van der Waals surface area contributed by atoms with Gasteiger partial charge in [0, 0.05) is 18.0 Å². The van der Waals surface area contributed by atoms with Crippen LogP contribution in [0.4, 0.5) is 5.69 Å². The highest BCUT2D eigenvalue weighted by molar-refractivity contribution is 5.96. The van der Waals surface area contributed by atoms with Gasteiger partial charge in [-0.2, -0.15) is 0 Å². The van der Waals surface area contributed by atoms with E-state index in [0.29, 0.717) is 19.3 Å². The summed E-state index contributed by atoms with van der Waals surface area (Å²) in [7, 11) is 0. The van der Waals surface area contributed by atoms with Crippen molar-refractivity contribution in [3.63, 3.8) is 0 Å². The smallest absolute Gasteiger partial charge is 0.326 e. The lowest BCUT2D eigenvalue weighted by molar-refractivity contribution is -0.142. The van der Waals surface area contributed by atoms with E-state index in [1.807, 2.05) is 31.2 Å². The molecule has 0 aliphatic carbocycles. The molecule has 6 nitrogen and oxygen atoms in total. The first kappa shape index (κ1) is 18.0. The molecule has 0 radical (unpaired) electrons. The molecular formula is C18H24N2O4. The van der Waals surface area contributed by atoms with Gasteiger partial charge in [-0.05, 0) is 30.9 Å². The number of hydrogen-bond donors (Lipinski definition) is 3. The van der Waals surface area contributed by atoms with Crippen molar-refractivity contribution in [2.75, 3.05) is 5.32 Å². The molecule has 1 aliphatic heterocycles. The van der Waals surface area contributed by atoms with Crippen molar-refractivity contribution < 1.29 is 19.5 Å². The van der Waals surface area contributed by atoms with Gasteiger partial charge in [0.1, 0.15) is 6.04 Å². The topological polar surface area (TPSA) is 95.5 Å². The maximum absolute atomic E-state index is 12.1. The summed E-state index contributed by atoms with van der Waals surface area (Å²) in [6, 6.07) is 6.77. The summed E-state index contributed by atoms with van der Waals surface area (Å²) >= 11 is 0. The van der Waals surface area contributed by atoms with Crippen LogP contribution >= 0.6 is 0 Å². The van der Waals surface area contributed by atoms with Gasteiger partial charge in [-0.25, -0.2) is 4.79 Å². The fourth-order valence-corrected chi connectivity index (χ4v) is 2.88. The molecule has 2 rings (SSSR count). The first-order chi connectivity index (χ1) is 11.5. The van der Waals surface area contributed by atoms with Crippen LogP contribution in [0.3, 0.4) is 0 Å². The molecule has 3 N–H and O–H groups in total. The number of carboxylic acid groups (broad SMARTS) is 1. The minimum Gasteiger partial charge on any atom is -0.480 e. The van der Waals surface area contributed by atoms with Gasteiger partial charge in [-0.1, -0.05) is 38.0 Å². The van der Waals surface area contributed by atoms with E-state index < -0.39 is 12.0 Å². The first-order valence-corrected chi connectivity index (χ1v) is 8.42. The fraction of sp³-hybridized carbons (Fsp3) is 0.500. The summed E-state index contributed by atoms with van der Waals surface area (Å²) in [6.07, 6.45) is 3.21. The third-order valence-corrected chi connectivity index (χ3v) is 4.31. The predicted octanol–water partition coefficient (Wildman–Crippen LogP) is 2.34. The average molecular weight is 332 g/mol. The number of carbonyl (C=O) groups excluding carboxylic acids is 2. The van der Waals surface area contributed by atoms with E-state index in [-0.39, 0.29) is 24.2 Å². The molecule has 0 bridgehead atoms. The van der Waals surface area contributed by atoms with Crippen molar-refractivity contribution in [2.24, 2.45) is 5.92 Å². The number of aliphatic carboxylic acids is 1. The van der Waals surface area contributed by atoms with Gasteiger partial charge >= 0.3 is 5.97 Å². The Morgan fingerprint density at radius 2 is 2.12 bits per heavy atom. The van der Waals surface area contributed by atoms with Crippen molar-refractivity contribution in [3.05, 3.63) is 29.8 Å². The summed E-state index contributed by atoms with van der Waals surface area (Å²) in [5, 5.41) is 14.5. The zero-order valence-electron chi connectivity index (χ0n) is 13.9. The standard InChI is InChI=1S/C18H24N2O4/c1-2-3-7-15(18(23)24)19-16(21)10-9-13-11-12-6-4-5-8-14(12)20-17(13)22/h4-6,8,13,15H,2-3,7,9-11H2,1H3,(H,19,21)(H,20,22)(H,23,24)/t13?,15-/m0/s1.